The fourth-order valence-electron chi connectivity index (χ4n) is 5.06. The first-order valence-electron chi connectivity index (χ1n) is 11.1. The summed E-state index contributed by atoms with van der Waals surface area (Å²) in [6.45, 7) is 6.22. The van der Waals surface area contributed by atoms with Crippen molar-refractivity contribution in [2.75, 3.05) is 50.8 Å². The van der Waals surface area contributed by atoms with Gasteiger partial charge in [0.1, 0.15) is 6.17 Å². The molecule has 0 amide bonds. The lowest BCUT2D eigenvalue weighted by Gasteiger charge is -2.52. The smallest absolute Gasteiger partial charge is 0.245 e. The van der Waals surface area contributed by atoms with Gasteiger partial charge in [-0.1, -0.05) is 36.7 Å². The summed E-state index contributed by atoms with van der Waals surface area (Å²) in [5, 5.41) is 0.714. The largest absolute Gasteiger partial charge is 0.369 e. The Kier molecular flexibility index (Phi) is 5.94. The zero-order valence-corrected chi connectivity index (χ0v) is 19.7. The number of nitrogens with zero attached hydrogens (tertiary/aromatic N) is 3. The summed E-state index contributed by atoms with van der Waals surface area (Å²) < 4.78 is 41.5. The number of anilines is 1. The maximum absolute atomic E-state index is 13.7. The van der Waals surface area contributed by atoms with E-state index in [1.54, 1.807) is 16.4 Å². The average Bonchev–Trinajstić information content (AvgIpc) is 3.29. The predicted octanol–water partition coefficient (Wildman–Crippen LogP) is 3.10. The van der Waals surface area contributed by atoms with Gasteiger partial charge in [0.2, 0.25) is 15.8 Å². The van der Waals surface area contributed by atoms with Crippen molar-refractivity contribution >= 4 is 27.3 Å². The third-order valence-electron chi connectivity index (χ3n) is 6.47. The molecule has 2 saturated heterocycles. The van der Waals surface area contributed by atoms with Crippen molar-refractivity contribution in [3.8, 4) is 0 Å². The van der Waals surface area contributed by atoms with Crippen LogP contribution in [0.5, 0.6) is 0 Å². The molecule has 1 spiro atoms. The second kappa shape index (κ2) is 8.59. The number of fused-ring (bicyclic) bond motifs is 2. The first kappa shape index (κ1) is 22.1. The van der Waals surface area contributed by atoms with Crippen LogP contribution in [0.3, 0.4) is 0 Å². The lowest BCUT2D eigenvalue weighted by atomic mass is 10.00. The Balaban J connectivity index is 1.50. The third kappa shape index (κ3) is 3.54. The number of ether oxygens (including phenoxy) is 2. The Hall–Kier alpha value is -1.68. The van der Waals surface area contributed by atoms with Gasteiger partial charge in [-0.05, 0) is 36.8 Å². The molecule has 1 atom stereocenters. The number of benzene rings is 2. The number of piperazine rings is 1. The molecule has 0 aromatic heterocycles. The summed E-state index contributed by atoms with van der Waals surface area (Å²) in [7, 11) is -3.67. The van der Waals surface area contributed by atoms with Gasteiger partial charge < -0.3 is 14.4 Å². The van der Waals surface area contributed by atoms with Crippen LogP contribution in [0.4, 0.5) is 5.69 Å². The zero-order chi connectivity index (χ0) is 22.3. The lowest BCUT2D eigenvalue weighted by molar-refractivity contribution is -0.241. The minimum atomic E-state index is -3.67. The number of halogens is 1. The molecule has 1 unspecified atom stereocenters. The van der Waals surface area contributed by atoms with E-state index < -0.39 is 22.0 Å². The first-order valence-corrected chi connectivity index (χ1v) is 12.9. The third-order valence-corrected chi connectivity index (χ3v) is 8.64. The minimum absolute atomic E-state index is 0.284. The number of sulfonamides is 1. The van der Waals surface area contributed by atoms with E-state index in [0.717, 1.165) is 18.8 Å². The van der Waals surface area contributed by atoms with Gasteiger partial charge >= 0.3 is 0 Å². The van der Waals surface area contributed by atoms with Crippen LogP contribution >= 0.6 is 11.6 Å². The van der Waals surface area contributed by atoms with Crippen molar-refractivity contribution < 1.29 is 17.9 Å². The fourth-order valence-corrected chi connectivity index (χ4v) is 7.14. The molecule has 0 radical (unpaired) electrons. The van der Waals surface area contributed by atoms with E-state index in [4.69, 9.17) is 21.1 Å². The SMILES string of the molecule is CCCN1C(N2CCN(c3ccc(Cl)cc3)CC2)C2(OCCO2)c2ccccc2S1(=O)=O. The molecule has 9 heteroatoms. The van der Waals surface area contributed by atoms with Crippen molar-refractivity contribution in [3.63, 3.8) is 0 Å². The van der Waals surface area contributed by atoms with Crippen molar-refractivity contribution in [2.45, 2.75) is 30.2 Å². The summed E-state index contributed by atoms with van der Waals surface area (Å²) in [5.41, 5.74) is 1.72. The molecule has 2 aromatic rings. The van der Waals surface area contributed by atoms with Crippen LogP contribution < -0.4 is 4.90 Å². The second-order valence-corrected chi connectivity index (χ2v) is 10.6. The molecule has 3 aliphatic heterocycles. The van der Waals surface area contributed by atoms with Crippen LogP contribution in [0.1, 0.15) is 18.9 Å². The highest BCUT2D eigenvalue weighted by molar-refractivity contribution is 7.89. The zero-order valence-electron chi connectivity index (χ0n) is 18.1. The van der Waals surface area contributed by atoms with Crippen molar-refractivity contribution in [3.05, 3.63) is 59.1 Å². The number of hydrogen-bond donors (Lipinski definition) is 0. The molecule has 32 heavy (non-hydrogen) atoms. The van der Waals surface area contributed by atoms with Crippen LogP contribution in [0.25, 0.3) is 0 Å². The van der Waals surface area contributed by atoms with Gasteiger partial charge in [-0.15, -0.1) is 0 Å². The maximum Gasteiger partial charge on any atom is 0.245 e. The van der Waals surface area contributed by atoms with E-state index in [-0.39, 0.29) is 4.90 Å². The first-order chi connectivity index (χ1) is 15.5. The minimum Gasteiger partial charge on any atom is -0.369 e. The normalized spacial score (nSPS) is 25.2. The van der Waals surface area contributed by atoms with Crippen LogP contribution in [-0.4, -0.2) is 69.7 Å². The van der Waals surface area contributed by atoms with Crippen molar-refractivity contribution in [2.24, 2.45) is 0 Å². The summed E-state index contributed by atoms with van der Waals surface area (Å²) in [6, 6.07) is 14.9. The Morgan fingerprint density at radius 2 is 1.66 bits per heavy atom. The Labute approximate surface area is 194 Å². The molecule has 0 saturated carbocycles. The van der Waals surface area contributed by atoms with Crippen LogP contribution in [0.2, 0.25) is 5.02 Å². The van der Waals surface area contributed by atoms with Gasteiger partial charge in [0.25, 0.3) is 0 Å². The predicted molar refractivity (Wildman–Crippen MR) is 123 cm³/mol. The van der Waals surface area contributed by atoms with Gasteiger partial charge in [0.15, 0.2) is 0 Å². The molecule has 3 heterocycles. The lowest BCUT2D eigenvalue weighted by Crippen LogP contribution is -2.67. The van der Waals surface area contributed by atoms with Crippen molar-refractivity contribution in [1.29, 1.82) is 0 Å². The second-order valence-electron chi connectivity index (χ2n) is 8.35. The highest BCUT2D eigenvalue weighted by Crippen LogP contribution is 2.47. The Morgan fingerprint density at radius 3 is 2.31 bits per heavy atom. The Bertz CT molecular complexity index is 1060. The molecule has 172 valence electrons. The van der Waals surface area contributed by atoms with E-state index in [0.29, 0.717) is 49.9 Å². The van der Waals surface area contributed by atoms with E-state index in [1.807, 2.05) is 43.3 Å². The molecule has 0 N–H and O–H groups in total. The molecule has 0 aliphatic carbocycles. The van der Waals surface area contributed by atoms with Gasteiger partial charge in [0.05, 0.1) is 18.1 Å². The number of hydrogen-bond acceptors (Lipinski definition) is 6. The Morgan fingerprint density at radius 1 is 1.00 bits per heavy atom. The monoisotopic (exact) mass is 477 g/mol. The van der Waals surface area contributed by atoms with Gasteiger partial charge in [-0.25, -0.2) is 8.42 Å². The number of rotatable bonds is 4. The fraction of sp³-hybridized carbons (Fsp3) is 0.478. The maximum atomic E-state index is 13.7. The highest BCUT2D eigenvalue weighted by atomic mass is 35.5. The van der Waals surface area contributed by atoms with Crippen LogP contribution in [-0.2, 0) is 25.3 Å². The average molecular weight is 478 g/mol. The van der Waals surface area contributed by atoms with Crippen LogP contribution in [0, 0.1) is 0 Å². The molecule has 3 aliphatic rings. The summed E-state index contributed by atoms with van der Waals surface area (Å²) in [6.07, 6.45) is 0.163. The molecule has 0 bridgehead atoms. The van der Waals surface area contributed by atoms with Crippen LogP contribution in [0.15, 0.2) is 53.4 Å². The molecular weight excluding hydrogens is 450 g/mol. The molecule has 5 rings (SSSR count). The standard InChI is InChI=1S/C23H28ClN3O4S/c1-2-11-27-22(26-14-12-25(13-15-26)19-9-7-18(24)8-10-19)23(30-16-17-31-23)20-5-3-4-6-21(20)32(27,28)29/h3-10,22H,2,11-17H2,1H3. The quantitative estimate of drug-likeness (QED) is 0.674. The van der Waals surface area contributed by atoms with E-state index in [9.17, 15) is 8.42 Å². The summed E-state index contributed by atoms with van der Waals surface area (Å²) in [4.78, 5) is 4.79. The van der Waals surface area contributed by atoms with Gasteiger partial charge in [0, 0.05) is 49.0 Å². The van der Waals surface area contributed by atoms with Crippen molar-refractivity contribution in [1.82, 2.24) is 9.21 Å². The van der Waals surface area contributed by atoms with Gasteiger partial charge in [-0.3, -0.25) is 4.90 Å². The molecule has 7 nitrogen and oxygen atoms in total. The van der Waals surface area contributed by atoms with E-state index >= 15 is 0 Å². The summed E-state index contributed by atoms with van der Waals surface area (Å²) >= 11 is 6.04. The van der Waals surface area contributed by atoms with E-state index in [2.05, 4.69) is 9.80 Å². The molecular formula is C23H28ClN3O4S. The topological polar surface area (TPSA) is 62.3 Å². The highest BCUT2D eigenvalue weighted by Gasteiger charge is 2.59. The molecule has 2 aromatic carbocycles. The summed E-state index contributed by atoms with van der Waals surface area (Å²) in [5.74, 6) is -1.11. The van der Waals surface area contributed by atoms with E-state index in [1.165, 1.54) is 0 Å². The van der Waals surface area contributed by atoms with Gasteiger partial charge in [-0.2, -0.15) is 4.31 Å². The molecule has 2 fully saturated rings.